The Morgan fingerprint density at radius 2 is 1.90 bits per heavy atom. The molecule has 3 rings (SSSR count). The number of hydrogen-bond donors (Lipinski definition) is 0. The molecule has 0 saturated carbocycles. The van der Waals surface area contributed by atoms with Crippen LogP contribution in [0.25, 0.3) is 10.8 Å². The van der Waals surface area contributed by atoms with E-state index in [1.165, 1.54) is 0 Å². The van der Waals surface area contributed by atoms with Crippen molar-refractivity contribution in [3.05, 3.63) is 53.7 Å². The maximum absolute atomic E-state index is 9.16. The first kappa shape index (κ1) is 12.2. The van der Waals surface area contributed by atoms with Gasteiger partial charge in [0.25, 0.3) is 0 Å². The van der Waals surface area contributed by atoms with Gasteiger partial charge in [-0.25, -0.2) is 4.68 Å². The molecule has 98 valence electrons. The van der Waals surface area contributed by atoms with Crippen molar-refractivity contribution in [2.24, 2.45) is 7.05 Å². The minimum atomic E-state index is 0.647. The van der Waals surface area contributed by atoms with Gasteiger partial charge in [-0.15, -0.1) is 0 Å². The number of aryl methyl sites for hydroxylation is 2. The molecule has 0 aliphatic rings. The van der Waals surface area contributed by atoms with Gasteiger partial charge in [-0.1, -0.05) is 24.3 Å². The van der Waals surface area contributed by atoms with Crippen LogP contribution in [0.4, 0.5) is 0 Å². The molecule has 0 N–H and O–H groups in total. The van der Waals surface area contributed by atoms with Crippen molar-refractivity contribution < 1.29 is 4.74 Å². The fourth-order valence-corrected chi connectivity index (χ4v) is 2.25. The molecule has 0 radical (unpaired) electrons. The lowest BCUT2D eigenvalue weighted by Crippen LogP contribution is -1.96. The Morgan fingerprint density at radius 1 is 1.15 bits per heavy atom. The maximum atomic E-state index is 9.16. The molecule has 0 aliphatic carbocycles. The number of nitriles is 1. The van der Waals surface area contributed by atoms with Crippen LogP contribution in [-0.4, -0.2) is 9.78 Å². The molecular weight excluding hydrogens is 250 g/mol. The van der Waals surface area contributed by atoms with Gasteiger partial charge in [-0.2, -0.15) is 10.4 Å². The number of nitrogens with zero attached hydrogens (tertiary/aromatic N) is 3. The Hall–Kier alpha value is -2.80. The Morgan fingerprint density at radius 3 is 2.55 bits per heavy atom. The lowest BCUT2D eigenvalue weighted by Gasteiger charge is -2.09. The maximum Gasteiger partial charge on any atom is 0.217 e. The first-order valence-electron chi connectivity index (χ1n) is 6.29. The van der Waals surface area contributed by atoms with Crippen LogP contribution in [0.3, 0.4) is 0 Å². The van der Waals surface area contributed by atoms with Gasteiger partial charge in [0.1, 0.15) is 5.75 Å². The Labute approximate surface area is 116 Å². The van der Waals surface area contributed by atoms with Crippen LogP contribution in [0.5, 0.6) is 11.6 Å². The molecule has 4 nitrogen and oxygen atoms in total. The van der Waals surface area contributed by atoms with Gasteiger partial charge in [0.05, 0.1) is 17.3 Å². The van der Waals surface area contributed by atoms with Crippen LogP contribution in [-0.2, 0) is 7.05 Å². The lowest BCUT2D eigenvalue weighted by atomic mass is 10.0. The third kappa shape index (κ3) is 1.99. The summed E-state index contributed by atoms with van der Waals surface area (Å²) in [6.45, 7) is 1.92. The van der Waals surface area contributed by atoms with Gasteiger partial charge in [0.2, 0.25) is 5.88 Å². The Kier molecular flexibility index (Phi) is 2.88. The van der Waals surface area contributed by atoms with Crippen molar-refractivity contribution in [2.45, 2.75) is 6.92 Å². The van der Waals surface area contributed by atoms with Crippen molar-refractivity contribution in [1.82, 2.24) is 9.78 Å². The van der Waals surface area contributed by atoms with Crippen molar-refractivity contribution in [3.8, 4) is 17.7 Å². The zero-order valence-corrected chi connectivity index (χ0v) is 11.3. The summed E-state index contributed by atoms with van der Waals surface area (Å²) in [5.74, 6) is 1.40. The van der Waals surface area contributed by atoms with E-state index in [4.69, 9.17) is 10.00 Å². The normalized spacial score (nSPS) is 10.4. The van der Waals surface area contributed by atoms with E-state index in [2.05, 4.69) is 11.2 Å². The van der Waals surface area contributed by atoms with E-state index in [-0.39, 0.29) is 0 Å². The number of fused-ring (bicyclic) bond motifs is 1. The predicted molar refractivity (Wildman–Crippen MR) is 76.7 cm³/mol. The summed E-state index contributed by atoms with van der Waals surface area (Å²) in [5.41, 5.74) is 1.55. The molecule has 0 bridgehead atoms. The standard InChI is InChI=1S/C16H13N3O/c1-11-9-16(19(2)18-11)20-15-8-7-12(10-17)13-5-3-4-6-14(13)15/h3-9H,1-2H3. The second-order valence-corrected chi connectivity index (χ2v) is 4.62. The van der Waals surface area contributed by atoms with E-state index in [1.807, 2.05) is 50.4 Å². The van der Waals surface area contributed by atoms with E-state index < -0.39 is 0 Å². The first-order valence-corrected chi connectivity index (χ1v) is 6.29. The van der Waals surface area contributed by atoms with Gasteiger partial charge in [-0.05, 0) is 19.1 Å². The predicted octanol–water partition coefficient (Wildman–Crippen LogP) is 3.55. The largest absolute Gasteiger partial charge is 0.439 e. The third-order valence-corrected chi connectivity index (χ3v) is 3.18. The summed E-state index contributed by atoms with van der Waals surface area (Å²) in [6, 6.07) is 15.4. The van der Waals surface area contributed by atoms with Crippen LogP contribution < -0.4 is 4.74 Å². The number of ether oxygens (including phenoxy) is 1. The van der Waals surface area contributed by atoms with Crippen LogP contribution in [0, 0.1) is 18.3 Å². The van der Waals surface area contributed by atoms with E-state index in [9.17, 15) is 0 Å². The van der Waals surface area contributed by atoms with Crippen LogP contribution in [0.1, 0.15) is 11.3 Å². The van der Waals surface area contributed by atoms with Gasteiger partial charge in [0.15, 0.2) is 0 Å². The van der Waals surface area contributed by atoms with E-state index in [1.54, 1.807) is 10.7 Å². The fourth-order valence-electron chi connectivity index (χ4n) is 2.25. The third-order valence-electron chi connectivity index (χ3n) is 3.18. The second-order valence-electron chi connectivity index (χ2n) is 4.62. The average molecular weight is 263 g/mol. The monoisotopic (exact) mass is 263 g/mol. The van der Waals surface area contributed by atoms with Crippen LogP contribution in [0.15, 0.2) is 42.5 Å². The smallest absolute Gasteiger partial charge is 0.217 e. The number of benzene rings is 2. The molecule has 0 aliphatic heterocycles. The Balaban J connectivity index is 2.13. The van der Waals surface area contributed by atoms with Crippen LogP contribution in [0.2, 0.25) is 0 Å². The van der Waals surface area contributed by atoms with Crippen molar-refractivity contribution in [1.29, 1.82) is 5.26 Å². The molecule has 0 unspecified atom stereocenters. The first-order chi connectivity index (χ1) is 9.69. The molecule has 2 aromatic carbocycles. The zero-order valence-electron chi connectivity index (χ0n) is 11.3. The summed E-state index contributed by atoms with van der Waals surface area (Å²) in [6.07, 6.45) is 0. The SMILES string of the molecule is Cc1cc(Oc2ccc(C#N)c3ccccc23)n(C)n1. The van der Waals surface area contributed by atoms with E-state index in [0.717, 1.165) is 22.2 Å². The molecule has 20 heavy (non-hydrogen) atoms. The molecule has 0 atom stereocenters. The number of hydrogen-bond acceptors (Lipinski definition) is 3. The van der Waals surface area contributed by atoms with Gasteiger partial charge >= 0.3 is 0 Å². The highest BCUT2D eigenvalue weighted by Crippen LogP contribution is 2.31. The molecular formula is C16H13N3O. The molecule has 1 aromatic heterocycles. The quantitative estimate of drug-likeness (QED) is 0.710. The van der Waals surface area contributed by atoms with E-state index in [0.29, 0.717) is 11.4 Å². The Bertz CT molecular complexity index is 827. The summed E-state index contributed by atoms with van der Waals surface area (Å²) in [7, 11) is 1.84. The summed E-state index contributed by atoms with van der Waals surface area (Å²) in [4.78, 5) is 0. The highest BCUT2D eigenvalue weighted by Gasteiger charge is 2.09. The molecule has 0 fully saturated rings. The summed E-state index contributed by atoms with van der Waals surface area (Å²) >= 11 is 0. The summed E-state index contributed by atoms with van der Waals surface area (Å²) < 4.78 is 7.63. The van der Waals surface area contributed by atoms with E-state index >= 15 is 0 Å². The lowest BCUT2D eigenvalue weighted by molar-refractivity contribution is 0.435. The second kappa shape index (κ2) is 4.71. The zero-order chi connectivity index (χ0) is 14.1. The topological polar surface area (TPSA) is 50.8 Å². The molecule has 0 amide bonds. The van der Waals surface area contributed by atoms with Crippen molar-refractivity contribution >= 4 is 10.8 Å². The highest BCUT2D eigenvalue weighted by molar-refractivity contribution is 5.92. The minimum absolute atomic E-state index is 0.647. The molecule has 0 saturated heterocycles. The number of aromatic nitrogens is 2. The molecule has 4 heteroatoms. The summed E-state index contributed by atoms with van der Waals surface area (Å²) in [5, 5.41) is 15.2. The van der Waals surface area contributed by atoms with Crippen LogP contribution >= 0.6 is 0 Å². The molecule has 1 heterocycles. The number of rotatable bonds is 2. The fraction of sp³-hybridized carbons (Fsp3) is 0.125. The van der Waals surface area contributed by atoms with Gasteiger partial charge < -0.3 is 4.74 Å². The van der Waals surface area contributed by atoms with Crippen molar-refractivity contribution in [2.75, 3.05) is 0 Å². The molecule has 0 spiro atoms. The van der Waals surface area contributed by atoms with Gasteiger partial charge in [-0.3, -0.25) is 0 Å². The average Bonchev–Trinajstić information content (AvgIpc) is 2.77. The van der Waals surface area contributed by atoms with Crippen molar-refractivity contribution in [3.63, 3.8) is 0 Å². The van der Waals surface area contributed by atoms with Gasteiger partial charge in [0, 0.05) is 23.9 Å². The minimum Gasteiger partial charge on any atom is -0.439 e. The molecule has 3 aromatic rings. The highest BCUT2D eigenvalue weighted by atomic mass is 16.5.